The van der Waals surface area contributed by atoms with Gasteiger partial charge in [0.1, 0.15) is 0 Å². The SMILES string of the molecule is CC.CC(C)CC1CCN(CC(F)(F)F)C1. The van der Waals surface area contributed by atoms with Crippen LogP contribution in [0.3, 0.4) is 0 Å². The van der Waals surface area contributed by atoms with Crippen molar-refractivity contribution < 1.29 is 13.2 Å². The van der Waals surface area contributed by atoms with Crippen LogP contribution in [0.5, 0.6) is 0 Å². The highest BCUT2D eigenvalue weighted by atomic mass is 19.4. The summed E-state index contributed by atoms with van der Waals surface area (Å²) in [6.45, 7) is 8.73. The second-order valence-electron chi connectivity index (χ2n) is 4.63. The Morgan fingerprint density at radius 3 is 2.25 bits per heavy atom. The minimum atomic E-state index is -4.03. The van der Waals surface area contributed by atoms with Gasteiger partial charge in [0.15, 0.2) is 0 Å². The largest absolute Gasteiger partial charge is 0.401 e. The Hall–Kier alpha value is -0.250. The molecule has 0 aromatic heterocycles. The van der Waals surface area contributed by atoms with E-state index < -0.39 is 12.7 Å². The number of rotatable bonds is 3. The maximum atomic E-state index is 12.1. The van der Waals surface area contributed by atoms with Gasteiger partial charge in [-0.05, 0) is 31.2 Å². The molecule has 0 aromatic carbocycles. The summed E-state index contributed by atoms with van der Waals surface area (Å²) in [6, 6.07) is 0. The van der Waals surface area contributed by atoms with E-state index in [1.807, 2.05) is 13.8 Å². The Morgan fingerprint density at radius 2 is 1.81 bits per heavy atom. The number of hydrogen-bond donors (Lipinski definition) is 0. The highest BCUT2D eigenvalue weighted by molar-refractivity contribution is 4.77. The molecule has 1 heterocycles. The van der Waals surface area contributed by atoms with Crippen LogP contribution < -0.4 is 0 Å². The third-order valence-electron chi connectivity index (χ3n) is 2.58. The molecular weight excluding hydrogens is 215 g/mol. The fraction of sp³-hybridized carbons (Fsp3) is 1.00. The standard InChI is InChI=1S/C10H18F3N.C2H6/c1-8(2)5-9-3-4-14(6-9)7-10(11,12)13;1-2/h8-9H,3-7H2,1-2H3;1-2H3. The van der Waals surface area contributed by atoms with Crippen LogP contribution in [0.4, 0.5) is 13.2 Å². The molecule has 16 heavy (non-hydrogen) atoms. The molecule has 1 nitrogen and oxygen atoms in total. The molecule has 1 rings (SSSR count). The summed E-state index contributed by atoms with van der Waals surface area (Å²) in [5.41, 5.74) is 0. The van der Waals surface area contributed by atoms with E-state index in [2.05, 4.69) is 13.8 Å². The zero-order valence-corrected chi connectivity index (χ0v) is 10.8. The summed E-state index contributed by atoms with van der Waals surface area (Å²) in [5.74, 6) is 1.06. The highest BCUT2D eigenvalue weighted by Gasteiger charge is 2.34. The van der Waals surface area contributed by atoms with Crippen molar-refractivity contribution in [3.63, 3.8) is 0 Å². The molecule has 0 saturated carbocycles. The molecule has 4 heteroatoms. The van der Waals surface area contributed by atoms with Crippen molar-refractivity contribution in [1.82, 2.24) is 4.90 Å². The zero-order chi connectivity index (χ0) is 12.8. The fourth-order valence-electron chi connectivity index (χ4n) is 2.17. The van der Waals surface area contributed by atoms with Gasteiger partial charge in [-0.1, -0.05) is 27.7 Å². The number of halogens is 3. The van der Waals surface area contributed by atoms with Crippen molar-refractivity contribution in [2.45, 2.75) is 46.7 Å². The molecule has 1 atom stereocenters. The molecular formula is C12H24F3N. The van der Waals surface area contributed by atoms with Crippen molar-refractivity contribution in [2.24, 2.45) is 11.8 Å². The van der Waals surface area contributed by atoms with Crippen LogP contribution in [0.25, 0.3) is 0 Å². The van der Waals surface area contributed by atoms with Crippen LogP contribution in [-0.4, -0.2) is 30.7 Å². The molecule has 0 amide bonds. The molecule has 0 N–H and O–H groups in total. The van der Waals surface area contributed by atoms with Crippen molar-refractivity contribution in [1.29, 1.82) is 0 Å². The Kier molecular flexibility index (Phi) is 7.04. The molecule has 1 saturated heterocycles. The summed E-state index contributed by atoms with van der Waals surface area (Å²) < 4.78 is 36.2. The van der Waals surface area contributed by atoms with Crippen LogP contribution in [0, 0.1) is 11.8 Å². The van der Waals surface area contributed by atoms with E-state index in [-0.39, 0.29) is 0 Å². The second kappa shape index (κ2) is 7.15. The normalized spacial score (nSPS) is 22.1. The predicted molar refractivity (Wildman–Crippen MR) is 61.4 cm³/mol. The van der Waals surface area contributed by atoms with Crippen LogP contribution in [0.15, 0.2) is 0 Å². The van der Waals surface area contributed by atoms with Gasteiger partial charge in [-0.25, -0.2) is 0 Å². The van der Waals surface area contributed by atoms with Gasteiger partial charge >= 0.3 is 6.18 Å². The summed E-state index contributed by atoms with van der Waals surface area (Å²) in [7, 11) is 0. The summed E-state index contributed by atoms with van der Waals surface area (Å²) in [6.07, 6.45) is -2.06. The van der Waals surface area contributed by atoms with Crippen LogP contribution in [0.2, 0.25) is 0 Å². The lowest BCUT2D eigenvalue weighted by atomic mass is 9.97. The number of hydrogen-bond acceptors (Lipinski definition) is 1. The fourth-order valence-corrected chi connectivity index (χ4v) is 2.17. The summed E-state index contributed by atoms with van der Waals surface area (Å²) in [4.78, 5) is 1.52. The molecule has 0 aliphatic carbocycles. The molecule has 1 aliphatic heterocycles. The Morgan fingerprint density at radius 1 is 1.25 bits per heavy atom. The first-order valence-corrected chi connectivity index (χ1v) is 6.16. The highest BCUT2D eigenvalue weighted by Crippen LogP contribution is 2.26. The van der Waals surface area contributed by atoms with Crippen molar-refractivity contribution >= 4 is 0 Å². The van der Waals surface area contributed by atoms with Crippen LogP contribution >= 0.6 is 0 Å². The first-order valence-electron chi connectivity index (χ1n) is 6.16. The lowest BCUT2D eigenvalue weighted by Gasteiger charge is -2.18. The van der Waals surface area contributed by atoms with E-state index in [0.717, 1.165) is 12.8 Å². The smallest absolute Gasteiger partial charge is 0.295 e. The zero-order valence-electron chi connectivity index (χ0n) is 10.8. The first-order chi connectivity index (χ1) is 7.37. The first kappa shape index (κ1) is 15.8. The third-order valence-corrected chi connectivity index (χ3v) is 2.58. The Balaban J connectivity index is 0.00000106. The second-order valence-corrected chi connectivity index (χ2v) is 4.63. The summed E-state index contributed by atoms with van der Waals surface area (Å²) >= 11 is 0. The van der Waals surface area contributed by atoms with Gasteiger partial charge in [-0.15, -0.1) is 0 Å². The van der Waals surface area contributed by atoms with Crippen molar-refractivity contribution in [3.05, 3.63) is 0 Å². The van der Waals surface area contributed by atoms with E-state index in [1.54, 1.807) is 0 Å². The van der Waals surface area contributed by atoms with Crippen molar-refractivity contribution in [2.75, 3.05) is 19.6 Å². The number of likely N-dealkylation sites (tertiary alicyclic amines) is 1. The van der Waals surface area contributed by atoms with Crippen LogP contribution in [-0.2, 0) is 0 Å². The van der Waals surface area contributed by atoms with E-state index >= 15 is 0 Å². The average Bonchev–Trinajstić information content (AvgIpc) is 2.52. The molecule has 0 aromatic rings. The lowest BCUT2D eigenvalue weighted by molar-refractivity contribution is -0.143. The van der Waals surface area contributed by atoms with Gasteiger partial charge in [-0.2, -0.15) is 13.2 Å². The average molecular weight is 239 g/mol. The Bertz CT molecular complexity index is 178. The lowest BCUT2D eigenvalue weighted by Crippen LogP contribution is -2.32. The molecule has 0 radical (unpaired) electrons. The Labute approximate surface area is 97.0 Å². The van der Waals surface area contributed by atoms with E-state index in [0.29, 0.717) is 24.9 Å². The molecule has 0 bridgehead atoms. The summed E-state index contributed by atoms with van der Waals surface area (Å²) in [5, 5.41) is 0. The molecule has 98 valence electrons. The maximum absolute atomic E-state index is 12.1. The minimum Gasteiger partial charge on any atom is -0.295 e. The van der Waals surface area contributed by atoms with Crippen LogP contribution in [0.1, 0.15) is 40.5 Å². The topological polar surface area (TPSA) is 3.24 Å². The minimum absolute atomic E-state index is 0.470. The number of nitrogens with zero attached hydrogens (tertiary/aromatic N) is 1. The monoisotopic (exact) mass is 239 g/mol. The van der Waals surface area contributed by atoms with Crippen molar-refractivity contribution in [3.8, 4) is 0 Å². The van der Waals surface area contributed by atoms with E-state index in [9.17, 15) is 13.2 Å². The van der Waals surface area contributed by atoms with Gasteiger partial charge in [0.25, 0.3) is 0 Å². The van der Waals surface area contributed by atoms with Gasteiger partial charge in [-0.3, -0.25) is 4.90 Å². The third kappa shape index (κ3) is 7.09. The van der Waals surface area contributed by atoms with Gasteiger partial charge < -0.3 is 0 Å². The maximum Gasteiger partial charge on any atom is 0.401 e. The molecule has 1 aliphatic rings. The van der Waals surface area contributed by atoms with E-state index in [1.165, 1.54) is 4.90 Å². The molecule has 1 fully saturated rings. The molecule has 0 spiro atoms. The molecule has 1 unspecified atom stereocenters. The van der Waals surface area contributed by atoms with Gasteiger partial charge in [0.05, 0.1) is 6.54 Å². The van der Waals surface area contributed by atoms with E-state index in [4.69, 9.17) is 0 Å². The number of alkyl halides is 3. The van der Waals surface area contributed by atoms with Gasteiger partial charge in [0.2, 0.25) is 0 Å². The van der Waals surface area contributed by atoms with Gasteiger partial charge in [0, 0.05) is 6.54 Å². The predicted octanol–water partition coefficient (Wildman–Crippen LogP) is 3.94. The quantitative estimate of drug-likeness (QED) is 0.721.